The Morgan fingerprint density at radius 2 is 1.81 bits per heavy atom. The number of fused-ring (bicyclic) bond motifs is 3. The van der Waals surface area contributed by atoms with Gasteiger partial charge in [-0.05, 0) is 46.8 Å². The van der Waals surface area contributed by atoms with Crippen LogP contribution in [0.1, 0.15) is 5.56 Å². The van der Waals surface area contributed by atoms with Gasteiger partial charge in [0.2, 0.25) is 5.69 Å². The van der Waals surface area contributed by atoms with Crippen LogP contribution in [0.5, 0.6) is 0 Å². The third-order valence-corrected chi connectivity index (χ3v) is 9.47. The van der Waals surface area contributed by atoms with E-state index in [0.29, 0.717) is 0 Å². The number of aromatic nitrogens is 1. The van der Waals surface area contributed by atoms with Gasteiger partial charge in [0.15, 0.2) is 6.20 Å². The molecule has 0 atom stereocenters. The highest BCUT2D eigenvalue weighted by Crippen LogP contribution is 2.49. The normalized spacial score (nSPS) is 13.4. The van der Waals surface area contributed by atoms with Crippen molar-refractivity contribution in [2.75, 3.05) is 0 Å². The molecule has 3 heterocycles. The first kappa shape index (κ1) is 16.5. The van der Waals surface area contributed by atoms with Crippen molar-refractivity contribution in [3.8, 4) is 11.3 Å². The smallest absolute Gasteiger partial charge is 0.200 e. The highest BCUT2D eigenvalue weighted by Gasteiger charge is 2.30. The molecule has 0 spiro atoms. The lowest BCUT2D eigenvalue weighted by Gasteiger charge is -2.24. The lowest BCUT2D eigenvalue weighted by Crippen LogP contribution is -2.38. The van der Waals surface area contributed by atoms with Gasteiger partial charge in [-0.3, -0.25) is 0 Å². The average molecular weight is 393 g/mol. The second-order valence-electron chi connectivity index (χ2n) is 8.27. The second-order valence-corrected chi connectivity index (χ2v) is 15.4. The maximum Gasteiger partial charge on any atom is 0.222 e. The molecule has 26 heavy (non-hydrogen) atoms. The molecule has 5 rings (SSSR count). The minimum absolute atomic E-state index is 1.36. The van der Waals surface area contributed by atoms with Crippen LogP contribution in [0.2, 0.25) is 19.6 Å². The molecule has 1 nitrogen and oxygen atoms in total. The lowest BCUT2D eigenvalue weighted by molar-refractivity contribution is -0.659. The molecule has 0 amide bonds. The molecular formula is C22H22NS2Si+. The predicted octanol–water partition coefficient (Wildman–Crippen LogP) is 5.86. The Hall–Kier alpha value is -1.62. The number of thiophene rings is 1. The van der Waals surface area contributed by atoms with Crippen molar-refractivity contribution in [3.05, 3.63) is 47.5 Å². The van der Waals surface area contributed by atoms with E-state index in [4.69, 9.17) is 0 Å². The summed E-state index contributed by atoms with van der Waals surface area (Å²) in [5.74, 6) is 0. The van der Waals surface area contributed by atoms with Gasteiger partial charge in [0.1, 0.15) is 7.05 Å². The molecule has 1 aliphatic heterocycles. The molecule has 0 aliphatic carbocycles. The van der Waals surface area contributed by atoms with Crippen molar-refractivity contribution in [2.45, 2.75) is 36.4 Å². The van der Waals surface area contributed by atoms with Crippen LogP contribution in [0.3, 0.4) is 0 Å². The Morgan fingerprint density at radius 3 is 2.58 bits per heavy atom. The third-order valence-electron chi connectivity index (χ3n) is 5.51. The first-order valence-electron chi connectivity index (χ1n) is 9.00. The van der Waals surface area contributed by atoms with E-state index in [2.05, 4.69) is 80.1 Å². The Bertz CT molecular complexity index is 1210. The van der Waals surface area contributed by atoms with E-state index in [1.165, 1.54) is 47.5 Å². The van der Waals surface area contributed by atoms with Crippen molar-refractivity contribution >= 4 is 57.2 Å². The molecular weight excluding hydrogens is 370 g/mol. The Morgan fingerprint density at radius 1 is 1.00 bits per heavy atom. The van der Waals surface area contributed by atoms with E-state index < -0.39 is 8.07 Å². The number of benzene rings is 2. The molecule has 2 aromatic carbocycles. The van der Waals surface area contributed by atoms with Crippen molar-refractivity contribution in [3.63, 3.8) is 0 Å². The van der Waals surface area contributed by atoms with Crippen LogP contribution in [0.25, 0.3) is 32.1 Å². The van der Waals surface area contributed by atoms with Gasteiger partial charge >= 0.3 is 0 Å². The molecule has 0 unspecified atom stereocenters. The van der Waals surface area contributed by atoms with Crippen LogP contribution in [0.15, 0.2) is 51.7 Å². The molecule has 0 bridgehead atoms. The van der Waals surface area contributed by atoms with Gasteiger partial charge < -0.3 is 0 Å². The zero-order valence-corrected chi connectivity index (χ0v) is 18.4. The van der Waals surface area contributed by atoms with E-state index in [9.17, 15) is 0 Å². The second kappa shape index (κ2) is 5.44. The van der Waals surface area contributed by atoms with Crippen molar-refractivity contribution < 1.29 is 4.57 Å². The molecule has 130 valence electrons. The Balaban J connectivity index is 1.94. The molecule has 0 radical (unpaired) electrons. The van der Waals surface area contributed by atoms with Crippen molar-refractivity contribution in [1.29, 1.82) is 0 Å². The van der Waals surface area contributed by atoms with Crippen LogP contribution in [-0.2, 0) is 7.05 Å². The fourth-order valence-corrected chi connectivity index (χ4v) is 7.52. The number of nitrogens with zero attached hydrogens (tertiary/aromatic N) is 1. The van der Waals surface area contributed by atoms with E-state index in [1.54, 1.807) is 5.19 Å². The summed E-state index contributed by atoms with van der Waals surface area (Å²) in [4.78, 5) is 2.83. The van der Waals surface area contributed by atoms with Crippen molar-refractivity contribution in [1.82, 2.24) is 0 Å². The summed E-state index contributed by atoms with van der Waals surface area (Å²) in [5, 5.41) is 7.96. The van der Waals surface area contributed by atoms with Gasteiger partial charge in [0.25, 0.3) is 0 Å². The Kier molecular flexibility index (Phi) is 3.46. The first-order valence-corrected chi connectivity index (χ1v) is 14.2. The minimum Gasteiger partial charge on any atom is -0.200 e. The number of rotatable bonds is 1. The molecule has 4 aromatic rings. The molecule has 0 fully saturated rings. The highest BCUT2D eigenvalue weighted by molar-refractivity contribution is 7.99. The van der Waals surface area contributed by atoms with Crippen LogP contribution in [0.4, 0.5) is 0 Å². The summed E-state index contributed by atoms with van der Waals surface area (Å²) in [6.45, 7) is 9.59. The van der Waals surface area contributed by atoms with Crippen LogP contribution >= 0.6 is 23.1 Å². The van der Waals surface area contributed by atoms with E-state index in [-0.39, 0.29) is 0 Å². The Labute approximate surface area is 163 Å². The van der Waals surface area contributed by atoms with Crippen LogP contribution in [0, 0.1) is 6.92 Å². The number of aryl methyl sites for hydroxylation is 2. The van der Waals surface area contributed by atoms with E-state index in [1.807, 2.05) is 23.1 Å². The standard InChI is InChI=1S/C22H22NS2Si/c1-13-16-7-9-24-17(16)12-19-20(13)22-21-14(6-8-23(22)2)10-15(26(3,4)5)11-18(21)25-19/h6-12H,1-5H3/q+1. The summed E-state index contributed by atoms with van der Waals surface area (Å²) in [7, 11) is 0.824. The van der Waals surface area contributed by atoms with Gasteiger partial charge in [0.05, 0.1) is 19.0 Å². The van der Waals surface area contributed by atoms with E-state index >= 15 is 0 Å². The number of hydrogen-bond donors (Lipinski definition) is 0. The summed E-state index contributed by atoms with van der Waals surface area (Å²) < 4.78 is 3.71. The molecule has 1 aliphatic rings. The zero-order chi connectivity index (χ0) is 18.2. The van der Waals surface area contributed by atoms with Crippen LogP contribution < -0.4 is 9.75 Å². The maximum absolute atomic E-state index is 2.47. The fourth-order valence-electron chi connectivity index (χ4n) is 4.03. The predicted molar refractivity (Wildman–Crippen MR) is 118 cm³/mol. The van der Waals surface area contributed by atoms with Gasteiger partial charge in [-0.1, -0.05) is 42.7 Å². The zero-order valence-electron chi connectivity index (χ0n) is 15.8. The monoisotopic (exact) mass is 392 g/mol. The highest BCUT2D eigenvalue weighted by atomic mass is 32.2. The van der Waals surface area contributed by atoms with E-state index in [0.717, 1.165) is 0 Å². The fraction of sp³-hybridized carbons (Fsp3) is 0.227. The van der Waals surface area contributed by atoms with Gasteiger partial charge in [-0.25, -0.2) is 4.57 Å². The quantitative estimate of drug-likeness (QED) is 0.255. The maximum atomic E-state index is 2.47. The average Bonchev–Trinajstić information content (AvgIpc) is 3.05. The third kappa shape index (κ3) is 2.25. The number of hydrogen-bond acceptors (Lipinski definition) is 2. The summed E-state index contributed by atoms with van der Waals surface area (Å²) >= 11 is 3.81. The number of pyridine rings is 1. The molecule has 4 heteroatoms. The molecule has 0 saturated heterocycles. The topological polar surface area (TPSA) is 3.88 Å². The van der Waals surface area contributed by atoms with Gasteiger partial charge in [-0.15, -0.1) is 11.3 Å². The van der Waals surface area contributed by atoms with Gasteiger partial charge in [0, 0.05) is 20.6 Å². The lowest BCUT2D eigenvalue weighted by atomic mass is 9.97. The minimum atomic E-state index is -1.36. The molecule has 2 aromatic heterocycles. The molecule has 0 saturated carbocycles. The molecule has 0 N–H and O–H groups in total. The first-order chi connectivity index (χ1) is 12.3. The van der Waals surface area contributed by atoms with Crippen molar-refractivity contribution in [2.24, 2.45) is 7.05 Å². The summed E-state index contributed by atoms with van der Waals surface area (Å²) in [5.41, 5.74) is 4.20. The largest absolute Gasteiger partial charge is 0.222 e. The summed E-state index contributed by atoms with van der Waals surface area (Å²) in [6.07, 6.45) is 2.23. The summed E-state index contributed by atoms with van der Waals surface area (Å²) in [6, 6.07) is 11.9. The van der Waals surface area contributed by atoms with Crippen LogP contribution in [-0.4, -0.2) is 8.07 Å². The SMILES string of the molecule is Cc1c2c(cc3sccc13)Sc1cc([Si](C)(C)C)cc3cc[n+](C)c-2c13. The van der Waals surface area contributed by atoms with Gasteiger partial charge in [-0.2, -0.15) is 0 Å².